The van der Waals surface area contributed by atoms with Crippen molar-refractivity contribution in [2.24, 2.45) is 0 Å². The number of ketones is 1. The van der Waals surface area contributed by atoms with E-state index in [1.165, 1.54) is 18.2 Å². The molecule has 0 saturated carbocycles. The van der Waals surface area contributed by atoms with E-state index in [4.69, 9.17) is 0 Å². The summed E-state index contributed by atoms with van der Waals surface area (Å²) in [7, 11) is -1.35. The van der Waals surface area contributed by atoms with Gasteiger partial charge in [-0.1, -0.05) is 36.4 Å². The Kier molecular flexibility index (Phi) is 4.58. The predicted molar refractivity (Wildman–Crippen MR) is 73.1 cm³/mol. The fourth-order valence-corrected chi connectivity index (χ4v) is 2.76. The average molecular weight is 276 g/mol. The van der Waals surface area contributed by atoms with Gasteiger partial charge in [-0.3, -0.25) is 9.00 Å². The molecule has 0 radical (unpaired) electrons. The van der Waals surface area contributed by atoms with Gasteiger partial charge in [0.15, 0.2) is 5.78 Å². The third kappa shape index (κ3) is 3.83. The third-order valence-electron chi connectivity index (χ3n) is 2.67. The number of carbonyl (C=O) groups is 1. The first kappa shape index (κ1) is 13.6. The Labute approximate surface area is 113 Å². The minimum Gasteiger partial charge on any atom is -0.294 e. The van der Waals surface area contributed by atoms with Crippen molar-refractivity contribution in [2.75, 3.05) is 5.75 Å². The molecule has 1 unspecified atom stereocenters. The molecule has 19 heavy (non-hydrogen) atoms. The Balaban J connectivity index is 1.96. The topological polar surface area (TPSA) is 34.1 Å². The zero-order chi connectivity index (χ0) is 13.7. The van der Waals surface area contributed by atoms with Crippen LogP contribution in [0.4, 0.5) is 4.39 Å². The highest BCUT2D eigenvalue weighted by molar-refractivity contribution is 7.85. The lowest BCUT2D eigenvalue weighted by atomic mass is 10.1. The summed E-state index contributed by atoms with van der Waals surface area (Å²) in [5.41, 5.74) is 0.610. The molecule has 0 bridgehead atoms. The van der Waals surface area contributed by atoms with Gasteiger partial charge < -0.3 is 0 Å². The maximum absolute atomic E-state index is 13.0. The minimum atomic E-state index is -1.35. The molecule has 4 heteroatoms. The predicted octanol–water partition coefficient (Wildman–Crippen LogP) is 3.21. The maximum atomic E-state index is 13.0. The van der Waals surface area contributed by atoms with Gasteiger partial charge in [-0.25, -0.2) is 4.39 Å². The van der Waals surface area contributed by atoms with E-state index in [0.717, 1.165) is 0 Å². The summed E-state index contributed by atoms with van der Waals surface area (Å²) in [5.74, 6) is -0.262. The van der Waals surface area contributed by atoms with Crippen LogP contribution in [0, 0.1) is 5.82 Å². The van der Waals surface area contributed by atoms with Gasteiger partial charge in [-0.15, -0.1) is 0 Å². The summed E-state index contributed by atoms with van der Waals surface area (Å²) >= 11 is 0. The Morgan fingerprint density at radius 3 is 2.47 bits per heavy atom. The summed E-state index contributed by atoms with van der Waals surface area (Å²) in [6.45, 7) is 0. The first-order chi connectivity index (χ1) is 9.16. The van der Waals surface area contributed by atoms with E-state index >= 15 is 0 Å². The molecule has 0 aliphatic heterocycles. The first-order valence-electron chi connectivity index (χ1n) is 5.89. The summed E-state index contributed by atoms with van der Waals surface area (Å²) in [6, 6.07) is 14.5. The second-order valence-electron chi connectivity index (χ2n) is 4.05. The van der Waals surface area contributed by atoms with Crippen molar-refractivity contribution in [1.82, 2.24) is 0 Å². The van der Waals surface area contributed by atoms with Crippen LogP contribution in [-0.2, 0) is 10.8 Å². The molecule has 0 aromatic heterocycles. The molecule has 2 aromatic carbocycles. The molecular formula is C15H13FO2S. The second kappa shape index (κ2) is 6.38. The van der Waals surface area contributed by atoms with E-state index in [1.807, 2.05) is 6.07 Å². The lowest BCUT2D eigenvalue weighted by molar-refractivity contribution is 0.0989. The van der Waals surface area contributed by atoms with Crippen molar-refractivity contribution in [3.63, 3.8) is 0 Å². The van der Waals surface area contributed by atoms with Gasteiger partial charge in [0, 0.05) is 22.6 Å². The quantitative estimate of drug-likeness (QED) is 0.786. The Morgan fingerprint density at radius 2 is 1.79 bits per heavy atom. The minimum absolute atomic E-state index is 0.0506. The number of rotatable bonds is 5. The molecule has 1 atom stereocenters. The van der Waals surface area contributed by atoms with Gasteiger partial charge in [-0.05, 0) is 18.2 Å². The normalized spacial score (nSPS) is 12.1. The molecular weight excluding hydrogens is 263 g/mol. The summed E-state index contributed by atoms with van der Waals surface area (Å²) in [6.07, 6.45) is 0.188. The van der Waals surface area contributed by atoms with Gasteiger partial charge >= 0.3 is 0 Å². The van der Waals surface area contributed by atoms with Crippen LogP contribution in [0.25, 0.3) is 0 Å². The SMILES string of the molecule is O=C(CCS(=O)c1cccc(F)c1)c1ccccc1. The zero-order valence-electron chi connectivity index (χ0n) is 10.2. The molecule has 2 aromatic rings. The van der Waals surface area contributed by atoms with Crippen LogP contribution in [0.15, 0.2) is 59.5 Å². The average Bonchev–Trinajstić information content (AvgIpc) is 2.45. The monoisotopic (exact) mass is 276 g/mol. The van der Waals surface area contributed by atoms with E-state index in [9.17, 15) is 13.4 Å². The van der Waals surface area contributed by atoms with Gasteiger partial charge in [0.2, 0.25) is 0 Å². The molecule has 2 nitrogen and oxygen atoms in total. The summed E-state index contributed by atoms with van der Waals surface area (Å²) in [5, 5.41) is 0. The highest BCUT2D eigenvalue weighted by Crippen LogP contribution is 2.11. The number of hydrogen-bond donors (Lipinski definition) is 0. The molecule has 0 spiro atoms. The van der Waals surface area contributed by atoms with E-state index in [0.29, 0.717) is 10.5 Å². The lowest BCUT2D eigenvalue weighted by Gasteiger charge is -2.02. The van der Waals surface area contributed by atoms with Crippen molar-refractivity contribution in [2.45, 2.75) is 11.3 Å². The molecule has 0 heterocycles. The van der Waals surface area contributed by atoms with Crippen LogP contribution in [0.3, 0.4) is 0 Å². The molecule has 0 fully saturated rings. The summed E-state index contributed by atoms with van der Waals surface area (Å²) in [4.78, 5) is 12.3. The van der Waals surface area contributed by atoms with E-state index in [-0.39, 0.29) is 18.0 Å². The van der Waals surface area contributed by atoms with Crippen LogP contribution >= 0.6 is 0 Å². The lowest BCUT2D eigenvalue weighted by Crippen LogP contribution is -2.06. The maximum Gasteiger partial charge on any atom is 0.163 e. The van der Waals surface area contributed by atoms with Crippen LogP contribution in [-0.4, -0.2) is 15.7 Å². The van der Waals surface area contributed by atoms with Crippen LogP contribution in [0.2, 0.25) is 0 Å². The standard InChI is InChI=1S/C15H13FO2S/c16-13-7-4-8-14(11-13)19(18)10-9-15(17)12-5-2-1-3-6-12/h1-8,11H,9-10H2. The van der Waals surface area contributed by atoms with Crippen LogP contribution in [0.1, 0.15) is 16.8 Å². The van der Waals surface area contributed by atoms with Crippen molar-refractivity contribution in [3.8, 4) is 0 Å². The summed E-state index contributed by atoms with van der Waals surface area (Å²) < 4.78 is 24.9. The largest absolute Gasteiger partial charge is 0.294 e. The van der Waals surface area contributed by atoms with Gasteiger partial charge in [-0.2, -0.15) is 0 Å². The smallest absolute Gasteiger partial charge is 0.163 e. The number of carbonyl (C=O) groups excluding carboxylic acids is 1. The molecule has 0 aliphatic carbocycles. The Bertz CT molecular complexity index is 596. The molecule has 0 amide bonds. The number of hydrogen-bond acceptors (Lipinski definition) is 2. The van der Waals surface area contributed by atoms with Gasteiger partial charge in [0.1, 0.15) is 5.82 Å². The number of Topliss-reactive ketones (excluding diaryl/α,β-unsaturated/α-hetero) is 1. The molecule has 0 aliphatic rings. The van der Waals surface area contributed by atoms with Crippen LogP contribution in [0.5, 0.6) is 0 Å². The fraction of sp³-hybridized carbons (Fsp3) is 0.133. The molecule has 2 rings (SSSR count). The van der Waals surface area contributed by atoms with E-state index in [1.54, 1.807) is 30.3 Å². The number of halogens is 1. The van der Waals surface area contributed by atoms with Crippen molar-refractivity contribution >= 4 is 16.6 Å². The van der Waals surface area contributed by atoms with E-state index in [2.05, 4.69) is 0 Å². The molecule has 0 N–H and O–H groups in total. The zero-order valence-corrected chi connectivity index (χ0v) is 11.0. The first-order valence-corrected chi connectivity index (χ1v) is 7.21. The highest BCUT2D eigenvalue weighted by atomic mass is 32.2. The van der Waals surface area contributed by atoms with Crippen molar-refractivity contribution in [3.05, 3.63) is 66.0 Å². The van der Waals surface area contributed by atoms with Crippen molar-refractivity contribution in [1.29, 1.82) is 0 Å². The van der Waals surface area contributed by atoms with Crippen molar-refractivity contribution < 1.29 is 13.4 Å². The van der Waals surface area contributed by atoms with Crippen LogP contribution < -0.4 is 0 Å². The Morgan fingerprint density at radius 1 is 1.05 bits per heavy atom. The highest BCUT2D eigenvalue weighted by Gasteiger charge is 2.10. The second-order valence-corrected chi connectivity index (χ2v) is 5.62. The molecule has 0 saturated heterocycles. The fourth-order valence-electron chi connectivity index (χ4n) is 1.68. The van der Waals surface area contributed by atoms with E-state index < -0.39 is 16.6 Å². The molecule has 98 valence electrons. The Hall–Kier alpha value is -1.81. The number of benzene rings is 2. The van der Waals surface area contributed by atoms with Gasteiger partial charge in [0.05, 0.1) is 10.8 Å². The third-order valence-corrected chi connectivity index (χ3v) is 4.02. The van der Waals surface area contributed by atoms with Gasteiger partial charge in [0.25, 0.3) is 0 Å².